The molecule has 0 saturated heterocycles. The lowest BCUT2D eigenvalue weighted by Gasteiger charge is -2.25. The number of hydrogen-bond acceptors (Lipinski definition) is 2. The van der Waals surface area contributed by atoms with Crippen LogP contribution in [0.2, 0.25) is 0 Å². The van der Waals surface area contributed by atoms with Crippen molar-refractivity contribution in [2.45, 2.75) is 12.8 Å². The predicted molar refractivity (Wildman–Crippen MR) is 72.0 cm³/mol. The van der Waals surface area contributed by atoms with Crippen LogP contribution in [0.4, 0.5) is 8.78 Å². The van der Waals surface area contributed by atoms with Crippen molar-refractivity contribution in [3.63, 3.8) is 0 Å². The third-order valence-electron chi connectivity index (χ3n) is 3.07. The first-order chi connectivity index (χ1) is 9.54. The monoisotopic (exact) mass is 279 g/mol. The van der Waals surface area contributed by atoms with Gasteiger partial charge in [-0.25, -0.2) is 8.78 Å². The Morgan fingerprint density at radius 2 is 2.05 bits per heavy atom. The van der Waals surface area contributed by atoms with E-state index in [1.807, 2.05) is 0 Å². The number of carbonyl (C=O) groups is 1. The molecule has 5 heteroatoms. The molecule has 106 valence electrons. The quantitative estimate of drug-likeness (QED) is 0.792. The summed E-state index contributed by atoms with van der Waals surface area (Å²) in [5, 5.41) is 0. The van der Waals surface area contributed by atoms with E-state index in [0.29, 0.717) is 12.8 Å². The number of halogens is 2. The van der Waals surface area contributed by atoms with Crippen molar-refractivity contribution >= 4 is 11.6 Å². The molecule has 1 aliphatic heterocycles. The number of ether oxygens (including phenoxy) is 1. The maximum Gasteiger partial charge on any atom is 0.227 e. The Kier molecular flexibility index (Phi) is 4.17. The Hall–Kier alpha value is -2.17. The van der Waals surface area contributed by atoms with Crippen molar-refractivity contribution in [1.29, 1.82) is 0 Å². The van der Waals surface area contributed by atoms with Crippen LogP contribution in [0, 0.1) is 11.6 Å². The first-order valence-corrected chi connectivity index (χ1v) is 6.24. The molecule has 0 fully saturated rings. The fraction of sp³-hybridized carbons (Fsp3) is 0.267. The minimum Gasteiger partial charge on any atom is -0.489 e. The summed E-state index contributed by atoms with van der Waals surface area (Å²) in [5.74, 6) is -1.57. The molecule has 0 aliphatic carbocycles. The molecule has 1 aliphatic rings. The molecule has 3 nitrogen and oxygen atoms in total. The molecule has 2 rings (SSSR count). The van der Waals surface area contributed by atoms with Crippen molar-refractivity contribution in [2.75, 3.05) is 13.7 Å². The Bertz CT molecular complexity index is 558. The highest BCUT2D eigenvalue weighted by Gasteiger charge is 2.24. The largest absolute Gasteiger partial charge is 0.489 e. The van der Waals surface area contributed by atoms with E-state index < -0.39 is 11.6 Å². The zero-order valence-corrected chi connectivity index (χ0v) is 11.2. The second-order valence-corrected chi connectivity index (χ2v) is 4.44. The molecule has 0 radical (unpaired) electrons. The van der Waals surface area contributed by atoms with Gasteiger partial charge in [0.15, 0.2) is 0 Å². The summed E-state index contributed by atoms with van der Waals surface area (Å²) in [6.45, 7) is 3.63. The molecule has 20 heavy (non-hydrogen) atoms. The number of amides is 1. The third kappa shape index (κ3) is 2.71. The van der Waals surface area contributed by atoms with Crippen LogP contribution in [-0.4, -0.2) is 24.5 Å². The molecule has 0 N–H and O–H groups in total. The molecular formula is C15H15F2NO2. The molecule has 0 spiro atoms. The lowest BCUT2D eigenvalue weighted by atomic mass is 10.0. The van der Waals surface area contributed by atoms with Gasteiger partial charge in [-0.1, -0.05) is 18.7 Å². The van der Waals surface area contributed by atoms with Gasteiger partial charge in [0.25, 0.3) is 0 Å². The third-order valence-corrected chi connectivity index (χ3v) is 3.07. The van der Waals surface area contributed by atoms with E-state index in [4.69, 9.17) is 4.74 Å². The zero-order valence-electron chi connectivity index (χ0n) is 11.2. The minimum atomic E-state index is -0.753. The van der Waals surface area contributed by atoms with Crippen molar-refractivity contribution < 1.29 is 18.3 Å². The molecule has 1 amide bonds. The van der Waals surface area contributed by atoms with Crippen molar-refractivity contribution in [3.8, 4) is 5.75 Å². The van der Waals surface area contributed by atoms with Gasteiger partial charge in [0.2, 0.25) is 5.91 Å². The molecule has 1 aromatic rings. The first kappa shape index (κ1) is 14.2. The standard InChI is InChI=1S/C15H15F2NO2/c1-3-7-20-10-8-11(16)15(12(17)9-10)13-5-4-6-14(19)18(13)2/h3,5,8-9H,1,4,6-7H2,2H3. The predicted octanol–water partition coefficient (Wildman–Crippen LogP) is 3.12. The van der Waals surface area contributed by atoms with E-state index in [1.54, 1.807) is 6.08 Å². The van der Waals surface area contributed by atoms with Gasteiger partial charge in [-0.3, -0.25) is 4.79 Å². The first-order valence-electron chi connectivity index (χ1n) is 6.24. The fourth-order valence-corrected chi connectivity index (χ4v) is 2.07. The summed E-state index contributed by atoms with van der Waals surface area (Å²) in [6, 6.07) is 2.21. The van der Waals surface area contributed by atoms with E-state index in [-0.39, 0.29) is 29.5 Å². The summed E-state index contributed by atoms with van der Waals surface area (Å²) < 4.78 is 33.3. The Morgan fingerprint density at radius 3 is 2.65 bits per heavy atom. The van der Waals surface area contributed by atoms with Crippen molar-refractivity contribution in [2.24, 2.45) is 0 Å². The molecule has 0 bridgehead atoms. The second-order valence-electron chi connectivity index (χ2n) is 4.44. The van der Waals surface area contributed by atoms with Gasteiger partial charge in [0.1, 0.15) is 24.0 Å². The summed E-state index contributed by atoms with van der Waals surface area (Å²) in [7, 11) is 1.51. The number of hydrogen-bond donors (Lipinski definition) is 0. The Morgan fingerprint density at radius 1 is 1.40 bits per heavy atom. The van der Waals surface area contributed by atoms with Crippen LogP contribution in [0.15, 0.2) is 30.9 Å². The molecule has 1 aromatic carbocycles. The van der Waals surface area contributed by atoms with E-state index in [1.165, 1.54) is 18.0 Å². The van der Waals surface area contributed by atoms with Crippen LogP contribution in [0.5, 0.6) is 5.75 Å². The lowest BCUT2D eigenvalue weighted by Crippen LogP contribution is -2.28. The van der Waals surface area contributed by atoms with Gasteiger partial charge in [-0.05, 0) is 6.42 Å². The van der Waals surface area contributed by atoms with Crippen LogP contribution in [-0.2, 0) is 4.79 Å². The van der Waals surface area contributed by atoms with Gasteiger partial charge in [-0.2, -0.15) is 0 Å². The number of carbonyl (C=O) groups excluding carboxylic acids is 1. The van der Waals surface area contributed by atoms with E-state index in [0.717, 1.165) is 12.1 Å². The number of benzene rings is 1. The normalized spacial score (nSPS) is 15.1. The molecule has 0 unspecified atom stereocenters. The molecular weight excluding hydrogens is 264 g/mol. The van der Waals surface area contributed by atoms with Crippen LogP contribution in [0.25, 0.3) is 5.70 Å². The highest BCUT2D eigenvalue weighted by molar-refractivity contribution is 5.89. The Balaban J connectivity index is 2.40. The van der Waals surface area contributed by atoms with Gasteiger partial charge in [0, 0.05) is 25.6 Å². The topological polar surface area (TPSA) is 29.5 Å². The number of nitrogens with zero attached hydrogens (tertiary/aromatic N) is 1. The van der Waals surface area contributed by atoms with Crippen molar-refractivity contribution in [3.05, 3.63) is 48.1 Å². The molecule has 0 saturated carbocycles. The average molecular weight is 279 g/mol. The maximum atomic E-state index is 14.1. The van der Waals surface area contributed by atoms with Crippen LogP contribution in [0.3, 0.4) is 0 Å². The van der Waals surface area contributed by atoms with Crippen molar-refractivity contribution in [1.82, 2.24) is 4.90 Å². The smallest absolute Gasteiger partial charge is 0.227 e. The van der Waals surface area contributed by atoms with Crippen LogP contribution < -0.4 is 4.74 Å². The zero-order chi connectivity index (χ0) is 14.7. The highest BCUT2D eigenvalue weighted by atomic mass is 19.1. The maximum absolute atomic E-state index is 14.1. The fourth-order valence-electron chi connectivity index (χ4n) is 2.07. The number of allylic oxidation sites excluding steroid dienone is 1. The van der Waals surface area contributed by atoms with Gasteiger partial charge in [-0.15, -0.1) is 0 Å². The average Bonchev–Trinajstić information content (AvgIpc) is 2.40. The summed E-state index contributed by atoms with van der Waals surface area (Å²) in [6.07, 6.45) is 3.98. The number of rotatable bonds is 4. The van der Waals surface area contributed by atoms with Gasteiger partial charge >= 0.3 is 0 Å². The van der Waals surface area contributed by atoms with E-state index >= 15 is 0 Å². The van der Waals surface area contributed by atoms with Crippen LogP contribution >= 0.6 is 0 Å². The summed E-state index contributed by atoms with van der Waals surface area (Å²) >= 11 is 0. The van der Waals surface area contributed by atoms with Gasteiger partial charge in [0.05, 0.1) is 11.3 Å². The van der Waals surface area contributed by atoms with E-state index in [9.17, 15) is 13.6 Å². The Labute approximate surface area is 116 Å². The van der Waals surface area contributed by atoms with Crippen LogP contribution in [0.1, 0.15) is 18.4 Å². The minimum absolute atomic E-state index is 0.0917. The van der Waals surface area contributed by atoms with Gasteiger partial charge < -0.3 is 9.64 Å². The second kappa shape index (κ2) is 5.86. The molecule has 1 heterocycles. The SMILES string of the molecule is C=CCOc1cc(F)c(C2=CCCC(=O)N2C)c(F)c1. The van der Waals surface area contributed by atoms with E-state index in [2.05, 4.69) is 6.58 Å². The summed E-state index contributed by atoms with van der Waals surface area (Å²) in [4.78, 5) is 12.9. The molecule has 0 atom stereocenters. The lowest BCUT2D eigenvalue weighted by molar-refractivity contribution is -0.127. The summed E-state index contributed by atoms with van der Waals surface area (Å²) in [5.41, 5.74) is 0.0537. The highest BCUT2D eigenvalue weighted by Crippen LogP contribution is 2.31. The molecule has 0 aromatic heterocycles.